The second-order valence-electron chi connectivity index (χ2n) is 8.57. The number of aromatic nitrogens is 4. The number of nitrogens with two attached hydrogens (primary N) is 1. The van der Waals surface area contributed by atoms with Gasteiger partial charge in [0.25, 0.3) is 14.1 Å². The maximum Gasteiger partial charge on any atom is 0.286 e. The first kappa shape index (κ1) is 27.3. The largest absolute Gasteiger partial charge is 0.394 e. The minimum absolute atomic E-state index is 0.00158. The van der Waals surface area contributed by atoms with Crippen LogP contribution in [0.25, 0.3) is 11.2 Å². The predicted molar refractivity (Wildman–Crippen MR) is 126 cm³/mol. The van der Waals surface area contributed by atoms with Crippen molar-refractivity contribution < 1.29 is 24.4 Å². The van der Waals surface area contributed by atoms with E-state index in [0.717, 1.165) is 0 Å². The number of aliphatic hydroxyl groups excluding tert-OH is 2. The summed E-state index contributed by atoms with van der Waals surface area (Å²) in [4.78, 5) is 35.0. The van der Waals surface area contributed by atoms with Gasteiger partial charge in [-0.1, -0.05) is 0 Å². The summed E-state index contributed by atoms with van der Waals surface area (Å²) < 4.78 is 13.0. The monoisotopic (exact) mass is 513 g/mol. The van der Waals surface area contributed by atoms with E-state index in [1.165, 1.54) is 15.8 Å². The van der Waals surface area contributed by atoms with Crippen molar-refractivity contribution >= 4 is 25.6 Å². The number of fused-ring (bicyclic) bond motifs is 1. The summed E-state index contributed by atoms with van der Waals surface area (Å²) in [5.74, 6) is -0.135. The van der Waals surface area contributed by atoms with Gasteiger partial charge < -0.3 is 30.1 Å². The molecule has 1 aliphatic rings. The number of hydrogen-bond donors (Lipinski definition) is 6. The van der Waals surface area contributed by atoms with Gasteiger partial charge in [-0.2, -0.15) is 10.2 Å². The Morgan fingerprint density at radius 2 is 2.17 bits per heavy atom. The number of rotatable bonds is 11. The Morgan fingerprint density at radius 1 is 1.46 bits per heavy atom. The summed E-state index contributed by atoms with van der Waals surface area (Å²) in [7, 11) is -2.38. The molecule has 0 saturated carbocycles. The Kier molecular flexibility index (Phi) is 9.11. The Morgan fingerprint density at radius 3 is 2.77 bits per heavy atom. The number of hydrogen-bond acceptors (Lipinski definition) is 13. The molecule has 1 fully saturated rings. The normalized spacial score (nSPS) is 23.7. The molecular formula is C19H32N9O6P. The summed E-state index contributed by atoms with van der Waals surface area (Å²) in [6.07, 6.45) is -3.14. The first-order valence-corrected chi connectivity index (χ1v) is 12.3. The molecule has 1 saturated heterocycles. The van der Waals surface area contributed by atoms with Gasteiger partial charge in [0.05, 0.1) is 19.0 Å². The molecule has 3 rings (SSSR count). The zero-order chi connectivity index (χ0) is 25.9. The van der Waals surface area contributed by atoms with Crippen molar-refractivity contribution in [1.29, 1.82) is 5.26 Å². The molecule has 5 atom stereocenters. The lowest BCUT2D eigenvalue weighted by atomic mass is 10.1. The van der Waals surface area contributed by atoms with Crippen LogP contribution in [0.15, 0.2) is 11.1 Å². The molecule has 0 amide bonds. The van der Waals surface area contributed by atoms with E-state index in [9.17, 15) is 19.9 Å². The van der Waals surface area contributed by atoms with Crippen molar-refractivity contribution in [3.05, 3.63) is 16.7 Å². The fourth-order valence-corrected chi connectivity index (χ4v) is 5.09. The van der Waals surface area contributed by atoms with Crippen LogP contribution in [-0.4, -0.2) is 88.1 Å². The number of aromatic amines is 1. The van der Waals surface area contributed by atoms with E-state index in [1.54, 1.807) is 5.01 Å². The summed E-state index contributed by atoms with van der Waals surface area (Å²) in [5.41, 5.74) is 8.30. The van der Waals surface area contributed by atoms with E-state index in [4.69, 9.17) is 20.3 Å². The number of nitrogen functional groups attached to an aromatic ring is 1. The average Bonchev–Trinajstić information content (AvgIpc) is 3.33. The van der Waals surface area contributed by atoms with Gasteiger partial charge in [0.2, 0.25) is 5.95 Å². The first-order valence-electron chi connectivity index (χ1n) is 11.1. The van der Waals surface area contributed by atoms with Gasteiger partial charge in [0, 0.05) is 25.0 Å². The molecule has 0 spiro atoms. The molecule has 0 aliphatic carbocycles. The molecule has 7 N–H and O–H groups in total. The second-order valence-corrected chi connectivity index (χ2v) is 9.67. The molecule has 1 aliphatic heterocycles. The minimum atomic E-state index is -2.38. The number of hydrazine groups is 2. The molecule has 1 unspecified atom stereocenters. The quantitative estimate of drug-likeness (QED) is 0.162. The van der Waals surface area contributed by atoms with Crippen LogP contribution in [0.4, 0.5) is 5.95 Å². The van der Waals surface area contributed by atoms with Crippen LogP contribution < -0.4 is 16.7 Å². The summed E-state index contributed by atoms with van der Waals surface area (Å²) >= 11 is 0. The second kappa shape index (κ2) is 11.7. The zero-order valence-electron chi connectivity index (χ0n) is 19.9. The highest BCUT2D eigenvalue weighted by Crippen LogP contribution is 2.44. The first-order chi connectivity index (χ1) is 16.6. The zero-order valence-corrected chi connectivity index (χ0v) is 20.8. The predicted octanol–water partition coefficient (Wildman–Crippen LogP) is -0.689. The van der Waals surface area contributed by atoms with Crippen LogP contribution in [0, 0.1) is 11.3 Å². The molecule has 2 aromatic heterocycles. The number of nitriles is 1. The number of H-pyrrole nitrogens is 1. The number of imidazole rings is 1. The number of aliphatic hydroxyl groups is 2. The fraction of sp³-hybridized carbons (Fsp3) is 0.684. The Balaban J connectivity index is 1.87. The molecule has 0 radical (unpaired) electrons. The maximum absolute atomic E-state index is 12.1. The number of anilines is 1. The third-order valence-electron chi connectivity index (χ3n) is 5.26. The molecule has 35 heavy (non-hydrogen) atoms. The summed E-state index contributed by atoms with van der Waals surface area (Å²) in [6, 6.07) is 1.91. The Bertz CT molecular complexity index is 1090. The lowest BCUT2D eigenvalue weighted by Crippen LogP contribution is -2.54. The summed E-state index contributed by atoms with van der Waals surface area (Å²) in [5, 5.41) is 31.8. The minimum Gasteiger partial charge on any atom is -0.394 e. The van der Waals surface area contributed by atoms with Crippen molar-refractivity contribution in [3.63, 3.8) is 0 Å². The van der Waals surface area contributed by atoms with Gasteiger partial charge in [0.15, 0.2) is 17.4 Å². The van der Waals surface area contributed by atoms with Crippen molar-refractivity contribution in [2.75, 3.05) is 18.9 Å². The van der Waals surface area contributed by atoms with E-state index in [0.29, 0.717) is 6.54 Å². The van der Waals surface area contributed by atoms with E-state index >= 15 is 0 Å². The fourth-order valence-electron chi connectivity index (χ4n) is 3.70. The number of nitrogens with zero attached hydrogens (tertiary/aromatic N) is 6. The number of ether oxygens (including phenoxy) is 1. The smallest absolute Gasteiger partial charge is 0.286 e. The standard InChI is InChI=1S/C19H32N9O6P/c1-10(2)25-28(27(11(3)4)7-5-6-20)35(32)34-15-12(8-29)33-18(14(15)30)26-9-22-13-16(26)23-19(21)24-17(13)31/h9-12,14-15,18,25,29-30,32H,5,7-8H2,1-4H3,(H3,21,23,24,31)/t12-,14-,15-,18-,35?/m1/s1. The van der Waals surface area contributed by atoms with Gasteiger partial charge in [-0.05, 0) is 27.7 Å². The molecule has 3 heterocycles. The average molecular weight is 513 g/mol. The topological polar surface area (TPSA) is 211 Å². The Labute approximate surface area is 203 Å². The van der Waals surface area contributed by atoms with Crippen LogP contribution >= 0.6 is 8.53 Å². The number of nitrogens with one attached hydrogen (secondary N) is 2. The third kappa shape index (κ3) is 5.95. The molecule has 0 aromatic carbocycles. The highest BCUT2D eigenvalue weighted by molar-refractivity contribution is 7.43. The van der Waals surface area contributed by atoms with E-state index in [1.807, 2.05) is 27.7 Å². The summed E-state index contributed by atoms with van der Waals surface area (Å²) in [6.45, 7) is 7.38. The van der Waals surface area contributed by atoms with E-state index in [2.05, 4.69) is 26.4 Å². The van der Waals surface area contributed by atoms with Crippen molar-refractivity contribution in [2.45, 2.75) is 70.7 Å². The van der Waals surface area contributed by atoms with E-state index in [-0.39, 0.29) is 35.6 Å². The molecule has 15 nitrogen and oxygen atoms in total. The van der Waals surface area contributed by atoms with Crippen molar-refractivity contribution in [1.82, 2.24) is 34.8 Å². The van der Waals surface area contributed by atoms with Crippen LogP contribution in [-0.2, 0) is 9.26 Å². The highest BCUT2D eigenvalue weighted by Gasteiger charge is 2.48. The van der Waals surface area contributed by atoms with Gasteiger partial charge >= 0.3 is 0 Å². The SMILES string of the molecule is CC(C)NN(N(CCC#N)C(C)C)P(O)O[C@H]1[C@@H](O)[C@H](n2cnc3c(=O)[nH]c(N)nc32)O[C@@H]1CO. The lowest BCUT2D eigenvalue weighted by molar-refractivity contribution is -0.0570. The van der Waals surface area contributed by atoms with Crippen LogP contribution in [0.5, 0.6) is 0 Å². The van der Waals surface area contributed by atoms with Gasteiger partial charge in [-0.15, -0.1) is 4.89 Å². The maximum atomic E-state index is 12.1. The molecule has 16 heteroatoms. The van der Waals surface area contributed by atoms with Gasteiger partial charge in [0.1, 0.15) is 18.3 Å². The molecule has 0 bridgehead atoms. The van der Waals surface area contributed by atoms with Gasteiger partial charge in [-0.3, -0.25) is 14.3 Å². The van der Waals surface area contributed by atoms with E-state index < -0.39 is 45.2 Å². The Hall–Kier alpha value is -2.25. The molecular weight excluding hydrogens is 481 g/mol. The highest BCUT2D eigenvalue weighted by atomic mass is 31.2. The van der Waals surface area contributed by atoms with Crippen molar-refractivity contribution in [3.8, 4) is 6.07 Å². The third-order valence-corrected chi connectivity index (χ3v) is 6.36. The van der Waals surface area contributed by atoms with Gasteiger partial charge in [-0.25, -0.2) is 15.4 Å². The molecule has 2 aromatic rings. The van der Waals surface area contributed by atoms with Crippen LogP contribution in [0.2, 0.25) is 0 Å². The van der Waals surface area contributed by atoms with Crippen molar-refractivity contribution in [2.24, 2.45) is 0 Å². The lowest BCUT2D eigenvalue weighted by Gasteiger charge is -2.40. The van der Waals surface area contributed by atoms with Crippen LogP contribution in [0.1, 0.15) is 40.3 Å². The molecule has 194 valence electrons. The van der Waals surface area contributed by atoms with Crippen LogP contribution in [0.3, 0.4) is 0 Å².